The molecule has 0 amide bonds. The fourth-order valence-corrected chi connectivity index (χ4v) is 2.02. The number of hydrogen-bond acceptors (Lipinski definition) is 7. The minimum absolute atomic E-state index is 0. The normalized spacial score (nSPS) is 10.3. The molecule has 0 saturated heterocycles. The number of aliphatic carboxylic acids is 2. The maximum absolute atomic E-state index is 10.7. The van der Waals surface area contributed by atoms with Crippen LogP contribution in [0.4, 0.5) is 0 Å². The van der Waals surface area contributed by atoms with Crippen molar-refractivity contribution in [3.05, 3.63) is 29.8 Å². The van der Waals surface area contributed by atoms with Crippen LogP contribution in [0, 0.1) is 0 Å². The van der Waals surface area contributed by atoms with Gasteiger partial charge in [0.25, 0.3) is 0 Å². The standard InChI is InChI=1S/C12H16N2O6S.Re/c13-19-20-21-10-3-1-9(2-4-10)5-6-14(7-11(15)16)8-12(17)18;/h1-4H,5-8,13H2,(H,15,16)(H,17,18);. The molecule has 0 fully saturated rings. The third kappa shape index (κ3) is 9.12. The summed E-state index contributed by atoms with van der Waals surface area (Å²) in [6.45, 7) is -0.267. The third-order valence-electron chi connectivity index (χ3n) is 2.53. The van der Waals surface area contributed by atoms with Gasteiger partial charge in [0.2, 0.25) is 0 Å². The monoisotopic (exact) mass is 503 g/mol. The van der Waals surface area contributed by atoms with Crippen LogP contribution < -0.4 is 5.90 Å². The van der Waals surface area contributed by atoms with Crippen LogP contribution in [0.3, 0.4) is 0 Å². The van der Waals surface area contributed by atoms with Crippen molar-refractivity contribution in [1.82, 2.24) is 4.90 Å². The largest absolute Gasteiger partial charge is 0.480 e. The first-order chi connectivity index (χ1) is 10.0. The maximum atomic E-state index is 10.7. The molecule has 0 aromatic heterocycles. The summed E-state index contributed by atoms with van der Waals surface area (Å²) in [5, 5.41) is 17.5. The minimum Gasteiger partial charge on any atom is -0.480 e. The van der Waals surface area contributed by atoms with Gasteiger partial charge >= 0.3 is 11.9 Å². The molecule has 4 N–H and O–H groups in total. The molecule has 0 heterocycles. The molecule has 1 aromatic carbocycles. The Kier molecular flexibility index (Phi) is 11.0. The van der Waals surface area contributed by atoms with E-state index in [1.54, 1.807) is 12.1 Å². The molecule has 0 aliphatic carbocycles. The second-order valence-electron chi connectivity index (χ2n) is 4.14. The molecule has 0 spiro atoms. The summed E-state index contributed by atoms with van der Waals surface area (Å²) in [4.78, 5) is 27.5. The Bertz CT molecular complexity index is 457. The summed E-state index contributed by atoms with van der Waals surface area (Å²) in [6.07, 6.45) is 0.541. The SMILES string of the molecule is NOOSc1ccc(CCN(CC(=O)O)CC(=O)O)cc1.[Re]. The van der Waals surface area contributed by atoms with Crippen LogP contribution in [-0.4, -0.2) is 46.7 Å². The van der Waals surface area contributed by atoms with Crippen molar-refractivity contribution in [1.29, 1.82) is 0 Å². The van der Waals surface area contributed by atoms with Crippen LogP contribution in [0.5, 0.6) is 0 Å². The van der Waals surface area contributed by atoms with E-state index < -0.39 is 11.9 Å². The zero-order valence-corrected chi connectivity index (χ0v) is 15.0. The van der Waals surface area contributed by atoms with E-state index in [2.05, 4.69) is 9.32 Å². The average molecular weight is 503 g/mol. The number of rotatable bonds is 10. The fourth-order valence-electron chi connectivity index (χ4n) is 1.65. The van der Waals surface area contributed by atoms with E-state index in [-0.39, 0.29) is 33.5 Å². The number of benzene rings is 1. The van der Waals surface area contributed by atoms with Crippen LogP contribution in [0.2, 0.25) is 0 Å². The van der Waals surface area contributed by atoms with E-state index in [0.717, 1.165) is 22.5 Å². The quantitative estimate of drug-likeness (QED) is 0.239. The van der Waals surface area contributed by atoms with E-state index in [1.807, 2.05) is 12.1 Å². The number of carboxylic acids is 2. The number of nitrogens with two attached hydrogens (primary N) is 1. The van der Waals surface area contributed by atoms with Gasteiger partial charge in [-0.15, -0.1) is 9.32 Å². The molecule has 22 heavy (non-hydrogen) atoms. The van der Waals surface area contributed by atoms with Crippen LogP contribution in [0.1, 0.15) is 5.56 Å². The van der Waals surface area contributed by atoms with Gasteiger partial charge < -0.3 is 10.2 Å². The first-order valence-corrected chi connectivity index (χ1v) is 6.70. The number of hydrogen-bond donors (Lipinski definition) is 3. The predicted molar refractivity (Wildman–Crippen MR) is 74.1 cm³/mol. The Morgan fingerprint density at radius 1 is 1.14 bits per heavy atom. The molecule has 1 rings (SSSR count). The van der Waals surface area contributed by atoms with Crippen LogP contribution >= 0.6 is 12.0 Å². The van der Waals surface area contributed by atoms with Gasteiger partial charge in [-0.2, -0.15) is 5.90 Å². The molecular formula is C12H16N2O6ReS. The van der Waals surface area contributed by atoms with Gasteiger partial charge in [0.1, 0.15) is 0 Å². The molecule has 0 bridgehead atoms. The maximum Gasteiger partial charge on any atom is 0.317 e. The van der Waals surface area contributed by atoms with Gasteiger partial charge in [-0.3, -0.25) is 14.5 Å². The summed E-state index contributed by atoms with van der Waals surface area (Å²) in [5.74, 6) is 2.61. The zero-order valence-electron chi connectivity index (χ0n) is 11.5. The smallest absolute Gasteiger partial charge is 0.317 e. The van der Waals surface area contributed by atoms with Gasteiger partial charge in [-0.1, -0.05) is 12.1 Å². The molecule has 0 saturated carbocycles. The van der Waals surface area contributed by atoms with Crippen molar-refractivity contribution >= 4 is 24.0 Å². The summed E-state index contributed by atoms with van der Waals surface area (Å²) >= 11 is 0.957. The molecule has 0 unspecified atom stereocenters. The van der Waals surface area contributed by atoms with E-state index in [9.17, 15) is 9.59 Å². The van der Waals surface area contributed by atoms with Crippen molar-refractivity contribution in [2.24, 2.45) is 5.90 Å². The molecular weight excluding hydrogens is 486 g/mol. The summed E-state index contributed by atoms with van der Waals surface area (Å²) in [6, 6.07) is 7.25. The summed E-state index contributed by atoms with van der Waals surface area (Å²) < 4.78 is 4.50. The van der Waals surface area contributed by atoms with Gasteiger partial charge in [0, 0.05) is 31.9 Å². The first-order valence-electron chi connectivity index (χ1n) is 5.96. The molecule has 10 heteroatoms. The van der Waals surface area contributed by atoms with E-state index in [4.69, 9.17) is 16.1 Å². The molecule has 0 aliphatic heterocycles. The second kappa shape index (κ2) is 11.6. The molecule has 123 valence electrons. The Morgan fingerprint density at radius 3 is 2.14 bits per heavy atom. The topological polar surface area (TPSA) is 122 Å². The molecule has 0 atom stereocenters. The Balaban J connectivity index is 0.00000441. The van der Waals surface area contributed by atoms with Crippen LogP contribution in [0.15, 0.2) is 29.2 Å². The van der Waals surface area contributed by atoms with Crippen molar-refractivity contribution in [3.63, 3.8) is 0 Å². The van der Waals surface area contributed by atoms with Gasteiger partial charge in [-0.25, -0.2) is 0 Å². The van der Waals surface area contributed by atoms with Crippen LogP contribution in [-0.2, 0) is 45.8 Å². The van der Waals surface area contributed by atoms with E-state index in [1.165, 1.54) is 4.90 Å². The minimum atomic E-state index is -1.05. The zero-order chi connectivity index (χ0) is 15.7. The van der Waals surface area contributed by atoms with E-state index >= 15 is 0 Å². The molecule has 1 aromatic rings. The van der Waals surface area contributed by atoms with Gasteiger partial charge in [0.05, 0.1) is 25.1 Å². The van der Waals surface area contributed by atoms with Gasteiger partial charge in [-0.05, 0) is 24.1 Å². The Labute approximate surface area is 145 Å². The average Bonchev–Trinajstić information content (AvgIpc) is 2.42. The second-order valence-corrected chi connectivity index (χ2v) is 4.91. The van der Waals surface area contributed by atoms with Crippen molar-refractivity contribution in [2.45, 2.75) is 11.3 Å². The molecule has 1 radical (unpaired) electrons. The molecule has 0 aliphatic rings. The fraction of sp³-hybridized carbons (Fsp3) is 0.333. The predicted octanol–water partition coefficient (Wildman–Crippen LogP) is 0.527. The summed E-state index contributed by atoms with van der Waals surface area (Å²) in [7, 11) is 0. The van der Waals surface area contributed by atoms with Crippen LogP contribution in [0.25, 0.3) is 0 Å². The first kappa shape index (κ1) is 21.0. The van der Waals surface area contributed by atoms with Gasteiger partial charge in [0.15, 0.2) is 0 Å². The van der Waals surface area contributed by atoms with E-state index in [0.29, 0.717) is 13.0 Å². The number of carboxylic acid groups (broad SMARTS) is 2. The molecule has 8 nitrogen and oxygen atoms in total. The summed E-state index contributed by atoms with van der Waals surface area (Å²) in [5.41, 5.74) is 0.953. The number of carbonyl (C=O) groups is 2. The number of nitrogens with zero attached hydrogens (tertiary/aromatic N) is 1. The van der Waals surface area contributed by atoms with Crippen molar-refractivity contribution < 1.29 is 49.5 Å². The third-order valence-corrected chi connectivity index (χ3v) is 3.14. The Hall–Kier alpha value is -0.988. The Morgan fingerprint density at radius 2 is 1.68 bits per heavy atom. The van der Waals surface area contributed by atoms with Crippen molar-refractivity contribution in [2.75, 3.05) is 19.6 Å². The van der Waals surface area contributed by atoms with Crippen molar-refractivity contribution in [3.8, 4) is 0 Å².